The molecule has 2 N–H and O–H groups in total. The largest absolute Gasteiger partial charge is 0.465 e. The molecule has 0 aliphatic rings. The molecule has 0 radical (unpaired) electrons. The quantitative estimate of drug-likeness (QED) is 0.474. The Hall–Kier alpha value is -1.52. The van der Waals surface area contributed by atoms with E-state index in [1.165, 1.54) is 11.9 Å². The minimum atomic E-state index is -0.401. The van der Waals surface area contributed by atoms with Crippen LogP contribution in [0, 0.1) is 13.8 Å². The van der Waals surface area contributed by atoms with Crippen LogP contribution in [0.5, 0.6) is 0 Å². The number of aromatic nitrogens is 2. The Morgan fingerprint density at radius 2 is 2.17 bits per heavy atom. The zero-order valence-electron chi connectivity index (χ0n) is 7.29. The summed E-state index contributed by atoms with van der Waals surface area (Å²) in [6.45, 7) is 3.43. The second-order valence-corrected chi connectivity index (χ2v) is 2.48. The molecule has 1 heterocycles. The number of aryl methyl sites for hydroxylation is 1. The van der Waals surface area contributed by atoms with E-state index >= 15 is 0 Å². The molecule has 5 heteroatoms. The first-order chi connectivity index (χ1) is 5.57. The highest BCUT2D eigenvalue weighted by atomic mass is 16.5. The molecule has 66 valence electrons. The van der Waals surface area contributed by atoms with Crippen molar-refractivity contribution < 1.29 is 9.53 Å². The van der Waals surface area contributed by atoms with Crippen molar-refractivity contribution in [2.24, 2.45) is 0 Å². The molecule has 0 fully saturated rings. The topological polar surface area (TPSA) is 70.1 Å². The van der Waals surface area contributed by atoms with Gasteiger partial charge in [0.1, 0.15) is 5.56 Å². The Morgan fingerprint density at radius 1 is 1.58 bits per heavy atom. The maximum Gasteiger partial charge on any atom is 0.341 e. The lowest BCUT2D eigenvalue weighted by molar-refractivity contribution is 0.0599. The van der Waals surface area contributed by atoms with Gasteiger partial charge in [-0.15, -0.1) is 0 Å². The average molecular weight is 169 g/mol. The van der Waals surface area contributed by atoms with Gasteiger partial charge in [0.05, 0.1) is 18.5 Å². The van der Waals surface area contributed by atoms with Crippen LogP contribution < -0.4 is 5.84 Å². The number of hydrogen-bond donors (Lipinski definition) is 1. The van der Waals surface area contributed by atoms with Gasteiger partial charge >= 0.3 is 5.97 Å². The van der Waals surface area contributed by atoms with Crippen molar-refractivity contribution in [1.82, 2.24) is 9.89 Å². The summed E-state index contributed by atoms with van der Waals surface area (Å²) < 4.78 is 4.56. The number of carbonyl (C=O) groups excluding carboxylic acids is 1. The van der Waals surface area contributed by atoms with Crippen LogP contribution in [0.2, 0.25) is 0 Å². The second-order valence-electron chi connectivity index (χ2n) is 2.48. The summed E-state index contributed by atoms with van der Waals surface area (Å²) in [6, 6.07) is 0. The molecule has 0 saturated carbocycles. The summed E-state index contributed by atoms with van der Waals surface area (Å²) in [5, 5.41) is 3.87. The Labute approximate surface area is 70.1 Å². The maximum absolute atomic E-state index is 11.1. The number of carbonyl (C=O) groups is 1. The van der Waals surface area contributed by atoms with E-state index in [9.17, 15) is 4.79 Å². The average Bonchev–Trinajstić information content (AvgIpc) is 2.26. The molecule has 0 bridgehead atoms. The van der Waals surface area contributed by atoms with Gasteiger partial charge in [0.2, 0.25) is 0 Å². The van der Waals surface area contributed by atoms with E-state index in [2.05, 4.69) is 9.84 Å². The molecule has 1 aromatic rings. The van der Waals surface area contributed by atoms with Crippen molar-refractivity contribution in [3.05, 3.63) is 17.0 Å². The predicted molar refractivity (Wildman–Crippen MR) is 43.2 cm³/mol. The van der Waals surface area contributed by atoms with Crippen molar-refractivity contribution in [1.29, 1.82) is 0 Å². The van der Waals surface area contributed by atoms with Crippen molar-refractivity contribution >= 4 is 5.97 Å². The summed E-state index contributed by atoms with van der Waals surface area (Å²) >= 11 is 0. The zero-order chi connectivity index (χ0) is 9.30. The molecule has 0 aliphatic heterocycles. The van der Waals surface area contributed by atoms with Gasteiger partial charge in [0.25, 0.3) is 0 Å². The van der Waals surface area contributed by atoms with Crippen LogP contribution in [-0.2, 0) is 4.74 Å². The Kier molecular flexibility index (Phi) is 2.03. The fourth-order valence-corrected chi connectivity index (χ4v) is 1.06. The van der Waals surface area contributed by atoms with Crippen LogP contribution in [-0.4, -0.2) is 23.0 Å². The molecular weight excluding hydrogens is 158 g/mol. The van der Waals surface area contributed by atoms with Gasteiger partial charge in [-0.3, -0.25) is 0 Å². The van der Waals surface area contributed by atoms with E-state index in [1.54, 1.807) is 13.8 Å². The first-order valence-corrected chi connectivity index (χ1v) is 3.47. The molecular formula is C7H11N3O2. The first-order valence-electron chi connectivity index (χ1n) is 3.47. The van der Waals surface area contributed by atoms with Crippen molar-refractivity contribution in [2.75, 3.05) is 13.0 Å². The third kappa shape index (κ3) is 1.13. The van der Waals surface area contributed by atoms with E-state index < -0.39 is 5.97 Å². The molecule has 1 rings (SSSR count). The van der Waals surface area contributed by atoms with Crippen LogP contribution in [0.1, 0.15) is 21.7 Å². The summed E-state index contributed by atoms with van der Waals surface area (Å²) in [5.74, 6) is 5.03. The molecule has 0 aromatic carbocycles. The van der Waals surface area contributed by atoms with Gasteiger partial charge < -0.3 is 10.6 Å². The van der Waals surface area contributed by atoms with Gasteiger partial charge in [-0.1, -0.05) is 0 Å². The van der Waals surface area contributed by atoms with Crippen molar-refractivity contribution in [2.45, 2.75) is 13.8 Å². The number of methoxy groups -OCH3 is 1. The number of rotatable bonds is 1. The fourth-order valence-electron chi connectivity index (χ4n) is 1.06. The molecule has 12 heavy (non-hydrogen) atoms. The van der Waals surface area contributed by atoms with Crippen molar-refractivity contribution in [3.8, 4) is 0 Å². The van der Waals surface area contributed by atoms with Crippen molar-refractivity contribution in [3.63, 3.8) is 0 Å². The number of esters is 1. The molecule has 0 aliphatic carbocycles. The van der Waals surface area contributed by atoms with E-state index in [0.29, 0.717) is 17.0 Å². The van der Waals surface area contributed by atoms with E-state index in [4.69, 9.17) is 5.84 Å². The second kappa shape index (κ2) is 2.84. The fraction of sp³-hybridized carbons (Fsp3) is 0.429. The number of ether oxygens (including phenoxy) is 1. The monoisotopic (exact) mass is 169 g/mol. The smallest absolute Gasteiger partial charge is 0.341 e. The number of nitrogens with zero attached hydrogens (tertiary/aromatic N) is 2. The summed E-state index contributed by atoms with van der Waals surface area (Å²) in [7, 11) is 1.33. The normalized spacial score (nSPS) is 9.92. The molecule has 0 saturated heterocycles. The number of hydrogen-bond acceptors (Lipinski definition) is 4. The molecule has 0 atom stereocenters. The Morgan fingerprint density at radius 3 is 2.50 bits per heavy atom. The van der Waals surface area contributed by atoms with Gasteiger partial charge in [-0.05, 0) is 13.8 Å². The Balaban J connectivity index is 3.22. The highest BCUT2D eigenvalue weighted by molar-refractivity contribution is 5.91. The molecule has 0 spiro atoms. The standard InChI is InChI=1S/C7H11N3O2/c1-4-6(7(11)12-3)5(2)10(8)9-4/h8H2,1-3H3. The maximum atomic E-state index is 11.1. The highest BCUT2D eigenvalue weighted by Crippen LogP contribution is 2.11. The summed E-state index contributed by atoms with van der Waals surface area (Å²) in [6.07, 6.45) is 0. The van der Waals surface area contributed by atoms with Crippen LogP contribution in [0.4, 0.5) is 0 Å². The van der Waals surface area contributed by atoms with Gasteiger partial charge in [-0.25, -0.2) is 4.79 Å². The van der Waals surface area contributed by atoms with Gasteiger partial charge in [-0.2, -0.15) is 9.89 Å². The van der Waals surface area contributed by atoms with Crippen LogP contribution in [0.15, 0.2) is 0 Å². The number of nitrogens with two attached hydrogens (primary N) is 1. The van der Waals surface area contributed by atoms with Crippen LogP contribution in [0.3, 0.4) is 0 Å². The van der Waals surface area contributed by atoms with E-state index in [-0.39, 0.29) is 0 Å². The molecule has 0 unspecified atom stereocenters. The zero-order valence-corrected chi connectivity index (χ0v) is 7.29. The Bertz CT molecular complexity index is 317. The van der Waals surface area contributed by atoms with E-state index in [1.807, 2.05) is 0 Å². The van der Waals surface area contributed by atoms with Gasteiger partial charge in [0.15, 0.2) is 0 Å². The minimum absolute atomic E-state index is 0.401. The van der Waals surface area contributed by atoms with Gasteiger partial charge in [0, 0.05) is 0 Å². The summed E-state index contributed by atoms with van der Waals surface area (Å²) in [4.78, 5) is 12.3. The lowest BCUT2D eigenvalue weighted by Crippen LogP contribution is -2.13. The molecule has 0 amide bonds. The third-order valence-corrected chi connectivity index (χ3v) is 1.71. The lowest BCUT2D eigenvalue weighted by atomic mass is 10.2. The highest BCUT2D eigenvalue weighted by Gasteiger charge is 2.17. The first kappa shape index (κ1) is 8.58. The van der Waals surface area contributed by atoms with Crippen LogP contribution in [0.25, 0.3) is 0 Å². The van der Waals surface area contributed by atoms with E-state index in [0.717, 1.165) is 0 Å². The third-order valence-electron chi connectivity index (χ3n) is 1.71. The summed E-state index contributed by atoms with van der Waals surface area (Å²) in [5.41, 5.74) is 1.64. The molecule has 5 nitrogen and oxygen atoms in total. The lowest BCUT2D eigenvalue weighted by Gasteiger charge is -1.97. The number of nitrogen functional groups attached to an aromatic ring is 1. The SMILES string of the molecule is COC(=O)c1c(C)nn(N)c1C. The van der Waals surface area contributed by atoms with Crippen LogP contribution >= 0.6 is 0 Å². The molecule has 1 aromatic heterocycles. The predicted octanol–water partition coefficient (Wildman–Crippen LogP) is 0.000340. The minimum Gasteiger partial charge on any atom is -0.465 e.